The maximum atomic E-state index is 13.1. The first-order valence-electron chi connectivity index (χ1n) is 8.94. The second kappa shape index (κ2) is 7.27. The summed E-state index contributed by atoms with van der Waals surface area (Å²) in [5, 5.41) is 3.15. The molecular weight excluding hydrogens is 340 g/mol. The molecule has 5 heteroatoms. The van der Waals surface area contributed by atoms with E-state index in [1.165, 1.54) is 4.90 Å². The van der Waals surface area contributed by atoms with Crippen LogP contribution in [0.25, 0.3) is 5.57 Å². The Morgan fingerprint density at radius 1 is 0.963 bits per heavy atom. The molecule has 0 aromatic heterocycles. The predicted molar refractivity (Wildman–Crippen MR) is 106 cm³/mol. The molecule has 2 aromatic carbocycles. The number of nitrogens with one attached hydrogen (secondary N) is 1. The summed E-state index contributed by atoms with van der Waals surface area (Å²) >= 11 is 0. The van der Waals surface area contributed by atoms with Crippen LogP contribution < -0.4 is 10.1 Å². The number of rotatable bonds is 5. The van der Waals surface area contributed by atoms with Crippen molar-refractivity contribution in [2.45, 2.75) is 33.7 Å². The molecule has 0 saturated carbocycles. The van der Waals surface area contributed by atoms with Gasteiger partial charge in [-0.25, -0.2) is 0 Å². The van der Waals surface area contributed by atoms with Gasteiger partial charge in [-0.3, -0.25) is 14.5 Å². The number of carbonyl (C=O) groups excluding carboxylic acids is 2. The lowest BCUT2D eigenvalue weighted by atomic mass is 9.99. The normalized spacial score (nSPS) is 14.4. The molecule has 0 bridgehead atoms. The van der Waals surface area contributed by atoms with Crippen molar-refractivity contribution < 1.29 is 14.3 Å². The minimum Gasteiger partial charge on any atom is -0.497 e. The van der Waals surface area contributed by atoms with Gasteiger partial charge in [0.05, 0.1) is 12.7 Å². The monoisotopic (exact) mass is 364 g/mol. The standard InChI is InChI=1S/C22H24N2O3/c1-13(2)24-21(25)19(16-10-9-14(3)15(4)11-16)20(22(24)26)23-17-7-6-8-18(12-17)27-5/h6-13,23H,1-5H3. The minimum absolute atomic E-state index is 0.226. The van der Waals surface area contributed by atoms with Crippen LogP contribution in [0, 0.1) is 13.8 Å². The van der Waals surface area contributed by atoms with Crippen LogP contribution in [-0.2, 0) is 9.59 Å². The van der Waals surface area contributed by atoms with Gasteiger partial charge in [-0.2, -0.15) is 0 Å². The fourth-order valence-electron chi connectivity index (χ4n) is 3.14. The van der Waals surface area contributed by atoms with Crippen molar-refractivity contribution in [1.82, 2.24) is 4.90 Å². The van der Waals surface area contributed by atoms with Crippen molar-refractivity contribution in [2.24, 2.45) is 0 Å². The number of ether oxygens (including phenoxy) is 1. The Morgan fingerprint density at radius 3 is 2.33 bits per heavy atom. The van der Waals surface area contributed by atoms with E-state index >= 15 is 0 Å². The van der Waals surface area contributed by atoms with E-state index in [1.807, 2.05) is 64.1 Å². The minimum atomic E-state index is -0.314. The molecule has 0 unspecified atom stereocenters. The first-order valence-corrected chi connectivity index (χ1v) is 8.94. The molecule has 1 aliphatic rings. The van der Waals surface area contributed by atoms with E-state index in [1.54, 1.807) is 13.2 Å². The maximum Gasteiger partial charge on any atom is 0.278 e. The van der Waals surface area contributed by atoms with Gasteiger partial charge in [0.2, 0.25) is 0 Å². The van der Waals surface area contributed by atoms with E-state index in [9.17, 15) is 9.59 Å². The third-order valence-electron chi connectivity index (χ3n) is 4.77. The molecule has 0 fully saturated rings. The third-order valence-corrected chi connectivity index (χ3v) is 4.77. The van der Waals surface area contributed by atoms with Gasteiger partial charge in [-0.15, -0.1) is 0 Å². The van der Waals surface area contributed by atoms with E-state index in [4.69, 9.17) is 4.74 Å². The van der Waals surface area contributed by atoms with Crippen LogP contribution in [0.5, 0.6) is 5.75 Å². The van der Waals surface area contributed by atoms with E-state index in [0.717, 1.165) is 16.7 Å². The molecule has 1 N–H and O–H groups in total. The Hall–Kier alpha value is -3.08. The smallest absolute Gasteiger partial charge is 0.278 e. The molecule has 2 aromatic rings. The molecule has 3 rings (SSSR count). The molecule has 0 aliphatic carbocycles. The number of nitrogens with zero attached hydrogens (tertiary/aromatic N) is 1. The highest BCUT2D eigenvalue weighted by atomic mass is 16.5. The zero-order chi connectivity index (χ0) is 19.7. The number of hydrogen-bond acceptors (Lipinski definition) is 4. The number of hydrogen-bond donors (Lipinski definition) is 1. The molecule has 0 spiro atoms. The van der Waals surface area contributed by atoms with Crippen LogP contribution in [0.2, 0.25) is 0 Å². The Morgan fingerprint density at radius 2 is 1.70 bits per heavy atom. The summed E-state index contributed by atoms with van der Waals surface area (Å²) in [5.41, 5.74) is 4.34. The number of amides is 2. The predicted octanol–water partition coefficient (Wildman–Crippen LogP) is 3.91. The molecule has 27 heavy (non-hydrogen) atoms. The fourth-order valence-corrected chi connectivity index (χ4v) is 3.14. The van der Waals surface area contributed by atoms with Gasteiger partial charge in [0.1, 0.15) is 11.4 Å². The van der Waals surface area contributed by atoms with Gasteiger partial charge < -0.3 is 10.1 Å². The third kappa shape index (κ3) is 3.45. The Kier molecular flexibility index (Phi) is 5.04. The molecule has 1 heterocycles. The summed E-state index contributed by atoms with van der Waals surface area (Å²) < 4.78 is 5.25. The molecule has 0 saturated heterocycles. The van der Waals surface area contributed by atoms with Gasteiger partial charge in [-0.05, 0) is 56.5 Å². The van der Waals surface area contributed by atoms with Crippen LogP contribution in [0.1, 0.15) is 30.5 Å². The van der Waals surface area contributed by atoms with Crippen LogP contribution in [-0.4, -0.2) is 29.9 Å². The molecule has 140 valence electrons. The van der Waals surface area contributed by atoms with Crippen molar-refractivity contribution in [1.29, 1.82) is 0 Å². The fraction of sp³-hybridized carbons (Fsp3) is 0.273. The van der Waals surface area contributed by atoms with E-state index < -0.39 is 0 Å². The number of aryl methyl sites for hydroxylation is 2. The summed E-state index contributed by atoms with van der Waals surface area (Å²) in [4.78, 5) is 27.4. The van der Waals surface area contributed by atoms with E-state index in [-0.39, 0.29) is 17.9 Å². The Labute approximate surface area is 159 Å². The van der Waals surface area contributed by atoms with Crippen LogP contribution in [0.3, 0.4) is 0 Å². The van der Waals surface area contributed by atoms with Gasteiger partial charge >= 0.3 is 0 Å². The maximum absolute atomic E-state index is 13.1. The highest BCUT2D eigenvalue weighted by Crippen LogP contribution is 2.33. The number of carbonyl (C=O) groups is 2. The van der Waals surface area contributed by atoms with E-state index in [2.05, 4.69) is 5.32 Å². The zero-order valence-electron chi connectivity index (χ0n) is 16.3. The Bertz CT molecular complexity index is 944. The largest absolute Gasteiger partial charge is 0.497 e. The Balaban J connectivity index is 2.12. The zero-order valence-corrected chi connectivity index (χ0v) is 16.3. The van der Waals surface area contributed by atoms with Gasteiger partial charge in [-0.1, -0.05) is 24.3 Å². The van der Waals surface area contributed by atoms with Crippen molar-refractivity contribution in [3.05, 3.63) is 64.9 Å². The van der Waals surface area contributed by atoms with Gasteiger partial charge in [0, 0.05) is 17.8 Å². The lowest BCUT2D eigenvalue weighted by molar-refractivity contribution is -0.138. The lowest BCUT2D eigenvalue weighted by Gasteiger charge is -2.19. The number of methoxy groups -OCH3 is 1. The first-order chi connectivity index (χ1) is 12.8. The highest BCUT2D eigenvalue weighted by Gasteiger charge is 2.40. The molecule has 5 nitrogen and oxygen atoms in total. The van der Waals surface area contributed by atoms with Crippen molar-refractivity contribution >= 4 is 23.1 Å². The number of imide groups is 1. The average Bonchev–Trinajstić information content (AvgIpc) is 2.88. The van der Waals surface area contributed by atoms with Crippen LogP contribution in [0.15, 0.2) is 48.2 Å². The topological polar surface area (TPSA) is 58.6 Å². The summed E-state index contributed by atoms with van der Waals surface area (Å²) in [7, 11) is 1.59. The van der Waals surface area contributed by atoms with Crippen molar-refractivity contribution in [3.8, 4) is 5.75 Å². The summed E-state index contributed by atoms with van der Waals surface area (Å²) in [6, 6.07) is 12.9. The average molecular weight is 364 g/mol. The van der Waals surface area contributed by atoms with Crippen molar-refractivity contribution in [3.63, 3.8) is 0 Å². The second-order valence-electron chi connectivity index (χ2n) is 6.98. The van der Waals surface area contributed by atoms with E-state index in [0.29, 0.717) is 22.7 Å². The van der Waals surface area contributed by atoms with Gasteiger partial charge in [0.15, 0.2) is 0 Å². The van der Waals surface area contributed by atoms with Crippen molar-refractivity contribution in [2.75, 3.05) is 12.4 Å². The molecule has 1 aliphatic heterocycles. The molecule has 0 atom stereocenters. The molecule has 0 radical (unpaired) electrons. The van der Waals surface area contributed by atoms with Crippen LogP contribution in [0.4, 0.5) is 5.69 Å². The van der Waals surface area contributed by atoms with Gasteiger partial charge in [0.25, 0.3) is 11.8 Å². The SMILES string of the molecule is COc1cccc(NC2=C(c3ccc(C)c(C)c3)C(=O)N(C(C)C)C2=O)c1. The molecule has 2 amide bonds. The first kappa shape index (κ1) is 18.7. The second-order valence-corrected chi connectivity index (χ2v) is 6.98. The molecular formula is C22H24N2O3. The number of anilines is 1. The quantitative estimate of drug-likeness (QED) is 0.817. The summed E-state index contributed by atoms with van der Waals surface area (Å²) in [6.45, 7) is 7.69. The summed E-state index contributed by atoms with van der Waals surface area (Å²) in [5.74, 6) is 0.0838. The number of benzene rings is 2. The highest BCUT2D eigenvalue weighted by molar-refractivity contribution is 6.36. The summed E-state index contributed by atoms with van der Waals surface area (Å²) in [6.07, 6.45) is 0. The van der Waals surface area contributed by atoms with Crippen LogP contribution >= 0.6 is 0 Å². The lowest BCUT2D eigenvalue weighted by Crippen LogP contribution is -2.38.